The van der Waals surface area contributed by atoms with E-state index in [0.29, 0.717) is 5.28 Å². The van der Waals surface area contributed by atoms with Crippen LogP contribution in [0.4, 0.5) is 0 Å². The van der Waals surface area contributed by atoms with Crippen LogP contribution in [0, 0.1) is 0 Å². The molecule has 0 aliphatic heterocycles. The van der Waals surface area contributed by atoms with Gasteiger partial charge in [-0.05, 0) is 23.7 Å². The monoisotopic (exact) mass is 153 g/mol. The molecular weight excluding hydrogens is 150 g/mol. The van der Waals surface area contributed by atoms with E-state index < -0.39 is 0 Å². The summed E-state index contributed by atoms with van der Waals surface area (Å²) < 4.78 is 1.76. The van der Waals surface area contributed by atoms with Crippen molar-refractivity contribution < 1.29 is 0 Å². The number of halogens is 1. The van der Waals surface area contributed by atoms with E-state index in [0.717, 1.165) is 5.52 Å². The molecule has 0 aliphatic carbocycles. The molecule has 0 fully saturated rings. The SMILES string of the molecule is Clc1nncc2cccn12. The van der Waals surface area contributed by atoms with E-state index >= 15 is 0 Å². The van der Waals surface area contributed by atoms with Crippen LogP contribution in [0.15, 0.2) is 24.5 Å². The van der Waals surface area contributed by atoms with E-state index in [2.05, 4.69) is 10.2 Å². The van der Waals surface area contributed by atoms with Gasteiger partial charge >= 0.3 is 0 Å². The summed E-state index contributed by atoms with van der Waals surface area (Å²) in [7, 11) is 0. The Morgan fingerprint density at radius 2 is 2.40 bits per heavy atom. The second-order valence-electron chi connectivity index (χ2n) is 1.92. The summed E-state index contributed by atoms with van der Waals surface area (Å²) in [6.45, 7) is 0. The molecule has 0 saturated carbocycles. The molecule has 4 heteroatoms. The molecule has 0 bridgehead atoms. The fourth-order valence-electron chi connectivity index (χ4n) is 0.851. The number of nitrogens with zero attached hydrogens (tertiary/aromatic N) is 3. The van der Waals surface area contributed by atoms with Crippen LogP contribution in [0.3, 0.4) is 0 Å². The van der Waals surface area contributed by atoms with Gasteiger partial charge in [0.15, 0.2) is 0 Å². The van der Waals surface area contributed by atoms with Crippen molar-refractivity contribution in [3.05, 3.63) is 29.8 Å². The lowest BCUT2D eigenvalue weighted by Crippen LogP contribution is -1.89. The maximum absolute atomic E-state index is 5.69. The first kappa shape index (κ1) is 5.68. The zero-order valence-corrected chi connectivity index (χ0v) is 5.78. The predicted molar refractivity (Wildman–Crippen MR) is 38.0 cm³/mol. The minimum atomic E-state index is 0.391. The molecule has 3 nitrogen and oxygen atoms in total. The summed E-state index contributed by atoms with van der Waals surface area (Å²) in [5.41, 5.74) is 0.958. The average molecular weight is 154 g/mol. The molecule has 10 heavy (non-hydrogen) atoms. The van der Waals surface area contributed by atoms with Crippen molar-refractivity contribution in [1.82, 2.24) is 14.6 Å². The molecular formula is C6H4ClN3. The molecule has 2 rings (SSSR count). The summed E-state index contributed by atoms with van der Waals surface area (Å²) in [5, 5.41) is 7.73. The van der Waals surface area contributed by atoms with Crippen LogP contribution in [-0.4, -0.2) is 14.6 Å². The molecule has 0 atom stereocenters. The van der Waals surface area contributed by atoms with E-state index in [1.807, 2.05) is 18.3 Å². The molecule has 0 N–H and O–H groups in total. The van der Waals surface area contributed by atoms with Crippen molar-refractivity contribution in [2.45, 2.75) is 0 Å². The number of rotatable bonds is 0. The number of hydrogen-bond acceptors (Lipinski definition) is 2. The maximum atomic E-state index is 5.69. The Balaban J connectivity index is 2.95. The Kier molecular flexibility index (Phi) is 1.11. The van der Waals surface area contributed by atoms with Crippen LogP contribution < -0.4 is 0 Å². The molecule has 0 amide bonds. The quantitative estimate of drug-likeness (QED) is 0.573. The molecule has 0 spiro atoms. The molecule has 0 aliphatic rings. The third-order valence-electron chi connectivity index (χ3n) is 1.31. The lowest BCUT2D eigenvalue weighted by Gasteiger charge is -1.92. The first-order valence-corrected chi connectivity index (χ1v) is 3.20. The van der Waals surface area contributed by atoms with Crippen LogP contribution in [0.25, 0.3) is 5.52 Å². The van der Waals surface area contributed by atoms with Crippen LogP contribution in [0.1, 0.15) is 0 Å². The normalized spacial score (nSPS) is 10.5. The Bertz CT molecular complexity index is 355. The van der Waals surface area contributed by atoms with E-state index in [9.17, 15) is 0 Å². The second kappa shape index (κ2) is 1.95. The highest BCUT2D eigenvalue weighted by Gasteiger charge is 1.95. The van der Waals surface area contributed by atoms with Crippen molar-refractivity contribution in [2.24, 2.45) is 0 Å². The number of hydrogen-bond donors (Lipinski definition) is 0. The lowest BCUT2D eigenvalue weighted by molar-refractivity contribution is 0.951. The Labute approximate surface area is 62.3 Å². The summed E-state index contributed by atoms with van der Waals surface area (Å²) in [6, 6.07) is 3.81. The first-order chi connectivity index (χ1) is 4.88. The van der Waals surface area contributed by atoms with Crippen LogP contribution in [0.5, 0.6) is 0 Å². The van der Waals surface area contributed by atoms with Crippen molar-refractivity contribution >= 4 is 17.1 Å². The Morgan fingerprint density at radius 3 is 3.20 bits per heavy atom. The molecule has 0 unspecified atom stereocenters. The van der Waals surface area contributed by atoms with Gasteiger partial charge in [0.2, 0.25) is 5.28 Å². The largest absolute Gasteiger partial charge is 0.289 e. The molecule has 0 saturated heterocycles. The van der Waals surface area contributed by atoms with Crippen molar-refractivity contribution in [3.8, 4) is 0 Å². The van der Waals surface area contributed by atoms with Gasteiger partial charge in [-0.15, -0.1) is 5.10 Å². The highest BCUT2D eigenvalue weighted by Crippen LogP contribution is 2.07. The summed E-state index contributed by atoms with van der Waals surface area (Å²) in [4.78, 5) is 0. The molecule has 0 aromatic carbocycles. The summed E-state index contributed by atoms with van der Waals surface area (Å²) in [5.74, 6) is 0. The van der Waals surface area contributed by atoms with Gasteiger partial charge in [0.05, 0.1) is 11.7 Å². The summed E-state index contributed by atoms with van der Waals surface area (Å²) >= 11 is 5.69. The van der Waals surface area contributed by atoms with E-state index in [1.165, 1.54) is 0 Å². The molecule has 2 heterocycles. The summed E-state index contributed by atoms with van der Waals surface area (Å²) in [6.07, 6.45) is 3.50. The minimum Gasteiger partial charge on any atom is -0.289 e. The second-order valence-corrected chi connectivity index (χ2v) is 2.25. The van der Waals surface area contributed by atoms with Gasteiger partial charge in [-0.25, -0.2) is 0 Å². The fourth-order valence-corrected chi connectivity index (χ4v) is 1.05. The highest BCUT2D eigenvalue weighted by atomic mass is 35.5. The van der Waals surface area contributed by atoms with Gasteiger partial charge in [-0.1, -0.05) is 0 Å². The molecule has 0 radical (unpaired) electrons. The number of fused-ring (bicyclic) bond motifs is 1. The smallest absolute Gasteiger partial charge is 0.228 e. The van der Waals surface area contributed by atoms with Gasteiger partial charge < -0.3 is 0 Å². The topological polar surface area (TPSA) is 30.2 Å². The van der Waals surface area contributed by atoms with Gasteiger partial charge in [-0.2, -0.15) is 5.10 Å². The van der Waals surface area contributed by atoms with Gasteiger partial charge in [0.1, 0.15) is 0 Å². The Hall–Kier alpha value is -1.09. The fraction of sp³-hybridized carbons (Fsp3) is 0. The highest BCUT2D eigenvalue weighted by molar-refractivity contribution is 6.28. The standard InChI is InChI=1S/C6H4ClN3/c7-6-9-8-4-5-2-1-3-10(5)6/h1-4H. The van der Waals surface area contributed by atoms with E-state index in [4.69, 9.17) is 11.6 Å². The van der Waals surface area contributed by atoms with Gasteiger partial charge in [0.25, 0.3) is 0 Å². The van der Waals surface area contributed by atoms with Crippen LogP contribution in [-0.2, 0) is 0 Å². The van der Waals surface area contributed by atoms with Crippen LogP contribution in [0.2, 0.25) is 5.28 Å². The third-order valence-corrected chi connectivity index (χ3v) is 1.57. The molecule has 50 valence electrons. The van der Waals surface area contributed by atoms with Gasteiger partial charge in [-0.3, -0.25) is 4.40 Å². The van der Waals surface area contributed by atoms with Crippen molar-refractivity contribution in [3.63, 3.8) is 0 Å². The molecule has 2 aromatic rings. The minimum absolute atomic E-state index is 0.391. The maximum Gasteiger partial charge on any atom is 0.228 e. The van der Waals surface area contributed by atoms with E-state index in [-0.39, 0.29) is 0 Å². The first-order valence-electron chi connectivity index (χ1n) is 2.82. The van der Waals surface area contributed by atoms with Crippen molar-refractivity contribution in [2.75, 3.05) is 0 Å². The lowest BCUT2D eigenvalue weighted by atomic mass is 10.5. The zero-order chi connectivity index (χ0) is 6.97. The average Bonchev–Trinajstić information content (AvgIpc) is 2.36. The van der Waals surface area contributed by atoms with Crippen molar-refractivity contribution in [1.29, 1.82) is 0 Å². The van der Waals surface area contributed by atoms with E-state index in [1.54, 1.807) is 10.6 Å². The third kappa shape index (κ3) is 0.675. The molecule has 2 aromatic heterocycles. The Morgan fingerprint density at radius 1 is 1.50 bits per heavy atom. The van der Waals surface area contributed by atoms with Crippen LogP contribution >= 0.6 is 11.6 Å². The van der Waals surface area contributed by atoms with Gasteiger partial charge in [0, 0.05) is 6.20 Å². The zero-order valence-electron chi connectivity index (χ0n) is 5.03. The predicted octanol–water partition coefficient (Wildman–Crippen LogP) is 1.38. The number of aromatic nitrogens is 3.